The lowest BCUT2D eigenvalue weighted by Gasteiger charge is -2.43. The summed E-state index contributed by atoms with van der Waals surface area (Å²) in [6.45, 7) is 2.19. The van der Waals surface area contributed by atoms with E-state index in [2.05, 4.69) is 6.92 Å². The van der Waals surface area contributed by atoms with Crippen LogP contribution < -0.4 is 5.11 Å². The standard InChI is InChI=1S/C15H19NO4S/c1-10-4-6-15(7-5-10)16(11(9-20-15)14(18)19)13(17)12-3-2-8-21-12/h2-3,8,10-11H,4-7,9H2,1H3,(H,18,19)/p-1/t10?,11-,15?/m1/s1. The van der Waals surface area contributed by atoms with Crippen molar-refractivity contribution in [2.24, 2.45) is 5.92 Å². The van der Waals surface area contributed by atoms with Crippen LogP contribution in [0.3, 0.4) is 0 Å². The lowest BCUT2D eigenvalue weighted by atomic mass is 9.83. The van der Waals surface area contributed by atoms with Crippen LogP contribution in [0.4, 0.5) is 0 Å². The van der Waals surface area contributed by atoms with E-state index >= 15 is 0 Å². The van der Waals surface area contributed by atoms with Gasteiger partial charge in [-0.2, -0.15) is 0 Å². The average Bonchev–Trinajstić information content (AvgIpc) is 3.10. The summed E-state index contributed by atoms with van der Waals surface area (Å²) < 4.78 is 5.82. The Kier molecular flexibility index (Phi) is 3.75. The van der Waals surface area contributed by atoms with Gasteiger partial charge in [0.2, 0.25) is 0 Å². The molecule has 1 saturated carbocycles. The molecule has 21 heavy (non-hydrogen) atoms. The Bertz CT molecular complexity index is 534. The molecule has 5 nitrogen and oxygen atoms in total. The highest BCUT2D eigenvalue weighted by molar-refractivity contribution is 7.12. The molecule has 2 heterocycles. The predicted octanol–water partition coefficient (Wildman–Crippen LogP) is 1.25. The van der Waals surface area contributed by atoms with Gasteiger partial charge in [-0.05, 0) is 43.0 Å². The van der Waals surface area contributed by atoms with Gasteiger partial charge in [-0.25, -0.2) is 0 Å². The van der Waals surface area contributed by atoms with Gasteiger partial charge in [0.25, 0.3) is 5.91 Å². The number of amides is 1. The van der Waals surface area contributed by atoms with E-state index in [1.165, 1.54) is 16.2 Å². The van der Waals surface area contributed by atoms with Crippen molar-refractivity contribution in [3.05, 3.63) is 22.4 Å². The predicted molar refractivity (Wildman–Crippen MR) is 75.6 cm³/mol. The Labute approximate surface area is 127 Å². The van der Waals surface area contributed by atoms with Gasteiger partial charge in [-0.3, -0.25) is 9.69 Å². The zero-order valence-electron chi connectivity index (χ0n) is 11.9. The van der Waals surface area contributed by atoms with Gasteiger partial charge in [0.05, 0.1) is 23.5 Å². The fraction of sp³-hybridized carbons (Fsp3) is 0.600. The Morgan fingerprint density at radius 2 is 2.14 bits per heavy atom. The van der Waals surface area contributed by atoms with Crippen molar-refractivity contribution in [1.29, 1.82) is 0 Å². The van der Waals surface area contributed by atoms with Crippen molar-refractivity contribution in [3.63, 3.8) is 0 Å². The van der Waals surface area contributed by atoms with Crippen molar-refractivity contribution in [1.82, 2.24) is 4.90 Å². The maximum absolute atomic E-state index is 12.7. The Hall–Kier alpha value is -1.40. The lowest BCUT2D eigenvalue weighted by molar-refractivity contribution is -0.310. The first kappa shape index (κ1) is 14.5. The van der Waals surface area contributed by atoms with Crippen molar-refractivity contribution < 1.29 is 19.4 Å². The van der Waals surface area contributed by atoms with Crippen LogP contribution in [0.1, 0.15) is 42.3 Å². The van der Waals surface area contributed by atoms with Crippen LogP contribution in [0.5, 0.6) is 0 Å². The fourth-order valence-corrected chi connectivity index (χ4v) is 3.94. The zero-order valence-corrected chi connectivity index (χ0v) is 12.7. The number of carboxylic acids is 1. The molecule has 2 aliphatic rings. The molecule has 0 radical (unpaired) electrons. The average molecular weight is 308 g/mol. The molecule has 0 aromatic carbocycles. The Morgan fingerprint density at radius 1 is 1.43 bits per heavy atom. The molecule has 114 valence electrons. The third-order valence-electron chi connectivity index (χ3n) is 4.54. The van der Waals surface area contributed by atoms with Gasteiger partial charge >= 0.3 is 0 Å². The number of ether oxygens (including phenoxy) is 1. The van der Waals surface area contributed by atoms with Gasteiger partial charge in [-0.1, -0.05) is 13.0 Å². The number of hydrogen-bond donors (Lipinski definition) is 0. The monoisotopic (exact) mass is 308 g/mol. The number of carbonyl (C=O) groups is 2. The Balaban J connectivity index is 1.93. The summed E-state index contributed by atoms with van der Waals surface area (Å²) in [6.07, 6.45) is 3.26. The molecule has 3 rings (SSSR count). The van der Waals surface area contributed by atoms with Crippen molar-refractivity contribution in [2.75, 3.05) is 6.61 Å². The van der Waals surface area contributed by atoms with E-state index in [4.69, 9.17) is 4.74 Å². The van der Waals surface area contributed by atoms with Crippen LogP contribution in [-0.2, 0) is 9.53 Å². The van der Waals surface area contributed by atoms with E-state index in [-0.39, 0.29) is 12.5 Å². The van der Waals surface area contributed by atoms with Crippen LogP contribution in [-0.4, -0.2) is 35.2 Å². The number of hydrogen-bond acceptors (Lipinski definition) is 5. The molecule has 2 fully saturated rings. The molecule has 1 saturated heterocycles. The largest absolute Gasteiger partial charge is 0.548 e. The third kappa shape index (κ3) is 2.46. The summed E-state index contributed by atoms with van der Waals surface area (Å²) in [5.74, 6) is -0.915. The normalized spacial score (nSPS) is 32.5. The van der Waals surface area contributed by atoms with Crippen LogP contribution in [0.25, 0.3) is 0 Å². The molecule has 1 aromatic heterocycles. The molecule has 0 unspecified atom stereocenters. The van der Waals surface area contributed by atoms with Gasteiger partial charge in [-0.15, -0.1) is 11.3 Å². The third-order valence-corrected chi connectivity index (χ3v) is 5.40. The zero-order chi connectivity index (χ0) is 15.0. The first-order valence-electron chi connectivity index (χ1n) is 7.25. The molecular formula is C15H18NO4S-. The number of carbonyl (C=O) groups excluding carboxylic acids is 2. The van der Waals surface area contributed by atoms with E-state index in [1.54, 1.807) is 12.1 Å². The van der Waals surface area contributed by atoms with Gasteiger partial charge in [0.15, 0.2) is 0 Å². The SMILES string of the molecule is CC1CCC2(CC1)OC[C@H](C(=O)[O-])N2C(=O)c1cccs1. The highest BCUT2D eigenvalue weighted by atomic mass is 32.1. The summed E-state index contributed by atoms with van der Waals surface area (Å²) in [5, 5.41) is 13.2. The number of carboxylic acid groups (broad SMARTS) is 1. The molecule has 0 bridgehead atoms. The number of thiophene rings is 1. The smallest absolute Gasteiger partial charge is 0.266 e. The second-order valence-electron chi connectivity index (χ2n) is 5.93. The van der Waals surface area contributed by atoms with Gasteiger partial charge in [0, 0.05) is 0 Å². The highest BCUT2D eigenvalue weighted by Crippen LogP contribution is 2.43. The van der Waals surface area contributed by atoms with E-state index in [0.717, 1.165) is 12.8 Å². The summed E-state index contributed by atoms with van der Waals surface area (Å²) >= 11 is 1.32. The molecular weight excluding hydrogens is 290 g/mol. The molecule has 1 spiro atoms. The first-order chi connectivity index (χ1) is 10.0. The maximum Gasteiger partial charge on any atom is 0.266 e. The number of aliphatic carboxylic acids is 1. The van der Waals surface area contributed by atoms with Crippen LogP contribution in [0, 0.1) is 5.92 Å². The summed E-state index contributed by atoms with van der Waals surface area (Å²) in [7, 11) is 0. The van der Waals surface area contributed by atoms with E-state index in [9.17, 15) is 14.7 Å². The molecule has 1 amide bonds. The number of rotatable bonds is 2. The van der Waals surface area contributed by atoms with Crippen molar-refractivity contribution >= 4 is 23.2 Å². The minimum absolute atomic E-state index is 0.0217. The van der Waals surface area contributed by atoms with Crippen molar-refractivity contribution in [2.45, 2.75) is 44.4 Å². The second-order valence-corrected chi connectivity index (χ2v) is 6.87. The Morgan fingerprint density at radius 3 is 2.71 bits per heavy atom. The van der Waals surface area contributed by atoms with Gasteiger partial charge in [0.1, 0.15) is 5.72 Å². The minimum atomic E-state index is -1.24. The van der Waals surface area contributed by atoms with Crippen LogP contribution >= 0.6 is 11.3 Å². The van der Waals surface area contributed by atoms with Crippen LogP contribution in [0.2, 0.25) is 0 Å². The number of nitrogens with zero attached hydrogens (tertiary/aromatic N) is 1. The summed E-state index contributed by atoms with van der Waals surface area (Å²) in [4.78, 5) is 26.1. The molecule has 0 N–H and O–H groups in total. The molecule has 6 heteroatoms. The maximum atomic E-state index is 12.7. The molecule has 1 aromatic rings. The van der Waals surface area contributed by atoms with Crippen molar-refractivity contribution in [3.8, 4) is 0 Å². The van der Waals surface area contributed by atoms with E-state index in [1.807, 2.05) is 5.38 Å². The quantitative estimate of drug-likeness (QED) is 0.824. The summed E-state index contributed by atoms with van der Waals surface area (Å²) in [5.41, 5.74) is -0.766. The molecule has 1 aliphatic heterocycles. The lowest BCUT2D eigenvalue weighted by Crippen LogP contribution is -2.57. The molecule has 1 atom stereocenters. The van der Waals surface area contributed by atoms with E-state index in [0.29, 0.717) is 23.6 Å². The first-order valence-corrected chi connectivity index (χ1v) is 8.13. The minimum Gasteiger partial charge on any atom is -0.548 e. The van der Waals surface area contributed by atoms with Crippen LogP contribution in [0.15, 0.2) is 17.5 Å². The van der Waals surface area contributed by atoms with E-state index < -0.39 is 17.7 Å². The highest BCUT2D eigenvalue weighted by Gasteiger charge is 2.51. The molecule has 1 aliphatic carbocycles. The topological polar surface area (TPSA) is 69.7 Å². The second kappa shape index (κ2) is 5.42. The summed E-state index contributed by atoms with van der Waals surface area (Å²) in [6, 6.07) is 2.52. The van der Waals surface area contributed by atoms with Gasteiger partial charge < -0.3 is 14.6 Å². The fourth-order valence-electron chi connectivity index (χ4n) is 3.28.